The second-order valence-electron chi connectivity index (χ2n) is 6.12. The van der Waals surface area contributed by atoms with Crippen molar-refractivity contribution in [2.24, 2.45) is 0 Å². The van der Waals surface area contributed by atoms with Crippen molar-refractivity contribution in [1.29, 1.82) is 0 Å². The fourth-order valence-corrected chi connectivity index (χ4v) is 4.99. The highest BCUT2D eigenvalue weighted by molar-refractivity contribution is 7.89. The Kier molecular flexibility index (Phi) is 6.00. The predicted molar refractivity (Wildman–Crippen MR) is 101 cm³/mol. The first-order chi connectivity index (χ1) is 12.5. The standard InChI is InChI=1S/C17H22N4O3S2/c1-2-16-19-20-17(25-16)18-12-15(22)13-6-8-14(9-7-13)26(23,24)21-10-4-3-5-11-21/h6-9H,2-5,10-12H2,1H3,(H,18,20). The van der Waals surface area contributed by atoms with E-state index in [2.05, 4.69) is 15.5 Å². The molecule has 0 radical (unpaired) electrons. The fourth-order valence-electron chi connectivity index (χ4n) is 2.79. The van der Waals surface area contributed by atoms with E-state index in [4.69, 9.17) is 0 Å². The van der Waals surface area contributed by atoms with Gasteiger partial charge in [0.1, 0.15) is 5.01 Å². The first-order valence-corrected chi connectivity index (χ1v) is 11.0. The quantitative estimate of drug-likeness (QED) is 0.726. The molecule has 1 aliphatic rings. The van der Waals surface area contributed by atoms with E-state index in [9.17, 15) is 13.2 Å². The van der Waals surface area contributed by atoms with Crippen LogP contribution in [0.4, 0.5) is 5.13 Å². The minimum atomic E-state index is -3.47. The van der Waals surface area contributed by atoms with Gasteiger partial charge in [-0.05, 0) is 43.5 Å². The van der Waals surface area contributed by atoms with E-state index in [-0.39, 0.29) is 17.2 Å². The number of anilines is 1. The summed E-state index contributed by atoms with van der Waals surface area (Å²) in [5.74, 6) is -0.125. The number of sulfonamides is 1. The van der Waals surface area contributed by atoms with Crippen LogP contribution in [0.15, 0.2) is 29.2 Å². The van der Waals surface area contributed by atoms with Crippen molar-refractivity contribution in [2.75, 3.05) is 25.0 Å². The van der Waals surface area contributed by atoms with Gasteiger partial charge in [-0.25, -0.2) is 8.42 Å². The van der Waals surface area contributed by atoms with Crippen molar-refractivity contribution in [1.82, 2.24) is 14.5 Å². The summed E-state index contributed by atoms with van der Waals surface area (Å²) in [4.78, 5) is 12.5. The molecule has 0 unspecified atom stereocenters. The van der Waals surface area contributed by atoms with Gasteiger partial charge in [0, 0.05) is 18.7 Å². The van der Waals surface area contributed by atoms with E-state index in [1.54, 1.807) is 12.1 Å². The van der Waals surface area contributed by atoms with Crippen molar-refractivity contribution in [3.05, 3.63) is 34.8 Å². The lowest BCUT2D eigenvalue weighted by atomic mass is 10.1. The second kappa shape index (κ2) is 8.24. The lowest BCUT2D eigenvalue weighted by molar-refractivity contribution is 0.101. The van der Waals surface area contributed by atoms with Gasteiger partial charge >= 0.3 is 0 Å². The molecule has 1 N–H and O–H groups in total. The van der Waals surface area contributed by atoms with E-state index < -0.39 is 10.0 Å². The molecule has 0 spiro atoms. The number of nitrogens with zero attached hydrogens (tertiary/aromatic N) is 3. The molecule has 140 valence electrons. The van der Waals surface area contributed by atoms with Crippen molar-refractivity contribution in [3.63, 3.8) is 0 Å². The van der Waals surface area contributed by atoms with Crippen LogP contribution in [-0.4, -0.2) is 48.3 Å². The first kappa shape index (κ1) is 18.9. The predicted octanol–water partition coefficient (Wildman–Crippen LogP) is 2.57. The highest BCUT2D eigenvalue weighted by Gasteiger charge is 2.25. The molecule has 1 saturated heterocycles. The number of nitrogens with one attached hydrogen (secondary N) is 1. The van der Waals surface area contributed by atoms with Crippen LogP contribution in [0.2, 0.25) is 0 Å². The van der Waals surface area contributed by atoms with E-state index in [0.29, 0.717) is 23.8 Å². The minimum absolute atomic E-state index is 0.0938. The van der Waals surface area contributed by atoms with Crippen molar-refractivity contribution in [3.8, 4) is 0 Å². The largest absolute Gasteiger partial charge is 0.353 e. The third kappa shape index (κ3) is 4.28. The van der Waals surface area contributed by atoms with Crippen LogP contribution in [0, 0.1) is 0 Å². The normalized spacial score (nSPS) is 15.7. The topological polar surface area (TPSA) is 92.3 Å². The highest BCUT2D eigenvalue weighted by atomic mass is 32.2. The first-order valence-electron chi connectivity index (χ1n) is 8.70. The molecule has 2 aromatic rings. The number of carbonyl (C=O) groups is 1. The minimum Gasteiger partial charge on any atom is -0.353 e. The number of hydrogen-bond acceptors (Lipinski definition) is 7. The van der Waals surface area contributed by atoms with Gasteiger partial charge in [0.25, 0.3) is 0 Å². The number of aromatic nitrogens is 2. The Labute approximate surface area is 157 Å². The number of aryl methyl sites for hydroxylation is 1. The van der Waals surface area contributed by atoms with Gasteiger partial charge in [0.15, 0.2) is 5.78 Å². The molecule has 0 amide bonds. The Bertz CT molecular complexity index is 856. The molecule has 1 aromatic carbocycles. The van der Waals surface area contributed by atoms with Crippen molar-refractivity contribution in [2.45, 2.75) is 37.5 Å². The van der Waals surface area contributed by atoms with Crippen LogP contribution < -0.4 is 5.32 Å². The maximum Gasteiger partial charge on any atom is 0.243 e. The molecule has 1 aromatic heterocycles. The molecule has 1 aliphatic heterocycles. The second-order valence-corrected chi connectivity index (χ2v) is 9.12. The number of hydrogen-bond donors (Lipinski definition) is 1. The Morgan fingerprint density at radius 1 is 1.15 bits per heavy atom. The molecule has 26 heavy (non-hydrogen) atoms. The number of ketones is 1. The Balaban J connectivity index is 1.63. The lowest BCUT2D eigenvalue weighted by Gasteiger charge is -2.25. The molecule has 0 atom stereocenters. The molecule has 0 aliphatic carbocycles. The molecule has 0 bridgehead atoms. The van der Waals surface area contributed by atoms with Crippen molar-refractivity contribution < 1.29 is 13.2 Å². The summed E-state index contributed by atoms with van der Waals surface area (Å²) in [6.45, 7) is 3.22. The lowest BCUT2D eigenvalue weighted by Crippen LogP contribution is -2.35. The van der Waals surface area contributed by atoms with E-state index in [1.165, 1.54) is 27.8 Å². The summed E-state index contributed by atoms with van der Waals surface area (Å²) in [5.41, 5.74) is 0.468. The third-order valence-electron chi connectivity index (χ3n) is 4.30. The van der Waals surface area contributed by atoms with Gasteiger partial charge in [-0.15, -0.1) is 10.2 Å². The Hall–Kier alpha value is -1.84. The average Bonchev–Trinajstić information content (AvgIpc) is 3.15. The summed E-state index contributed by atoms with van der Waals surface area (Å²) in [6.07, 6.45) is 3.67. The fraction of sp³-hybridized carbons (Fsp3) is 0.471. The van der Waals surface area contributed by atoms with E-state index >= 15 is 0 Å². The van der Waals surface area contributed by atoms with Gasteiger partial charge in [0.2, 0.25) is 15.2 Å². The van der Waals surface area contributed by atoms with E-state index in [0.717, 1.165) is 30.7 Å². The SMILES string of the molecule is CCc1nnc(NCC(=O)c2ccc(S(=O)(=O)N3CCCCC3)cc2)s1. The molecule has 3 rings (SSSR count). The summed E-state index contributed by atoms with van der Waals surface area (Å²) < 4.78 is 26.8. The van der Waals surface area contributed by atoms with Gasteiger partial charge < -0.3 is 5.32 Å². The van der Waals surface area contributed by atoms with Gasteiger partial charge in [0.05, 0.1) is 11.4 Å². The molecule has 7 nitrogen and oxygen atoms in total. The molecule has 0 saturated carbocycles. The van der Waals surface area contributed by atoms with Crippen LogP contribution in [0.3, 0.4) is 0 Å². The summed E-state index contributed by atoms with van der Waals surface area (Å²) in [7, 11) is -3.47. The molecular formula is C17H22N4O3S2. The maximum absolute atomic E-state index is 12.6. The zero-order chi connectivity index (χ0) is 18.6. The number of piperidine rings is 1. The summed E-state index contributed by atoms with van der Waals surface area (Å²) in [6, 6.07) is 6.16. The smallest absolute Gasteiger partial charge is 0.243 e. The van der Waals surface area contributed by atoms with Crippen LogP contribution in [0.25, 0.3) is 0 Å². The Morgan fingerprint density at radius 3 is 2.46 bits per heavy atom. The maximum atomic E-state index is 12.6. The molecular weight excluding hydrogens is 372 g/mol. The molecule has 2 heterocycles. The van der Waals surface area contributed by atoms with Gasteiger partial charge in [-0.1, -0.05) is 24.7 Å². The van der Waals surface area contributed by atoms with Crippen LogP contribution in [-0.2, 0) is 16.4 Å². The molecule has 1 fully saturated rings. The number of Topliss-reactive ketones (excluding diaryl/α,β-unsaturated/α-hetero) is 1. The van der Waals surface area contributed by atoms with Crippen LogP contribution in [0.1, 0.15) is 41.6 Å². The number of carbonyl (C=O) groups excluding carboxylic acids is 1. The zero-order valence-corrected chi connectivity index (χ0v) is 16.3. The zero-order valence-electron chi connectivity index (χ0n) is 14.6. The number of rotatable bonds is 7. The molecule has 9 heteroatoms. The summed E-state index contributed by atoms with van der Waals surface area (Å²) >= 11 is 1.42. The van der Waals surface area contributed by atoms with Crippen molar-refractivity contribution >= 4 is 32.3 Å². The summed E-state index contributed by atoms with van der Waals surface area (Å²) in [5, 5.41) is 12.4. The van der Waals surface area contributed by atoms with Crippen LogP contribution >= 0.6 is 11.3 Å². The van der Waals surface area contributed by atoms with Crippen LogP contribution in [0.5, 0.6) is 0 Å². The average molecular weight is 395 g/mol. The third-order valence-corrected chi connectivity index (χ3v) is 7.24. The van der Waals surface area contributed by atoms with E-state index in [1.807, 2.05) is 6.92 Å². The van der Waals surface area contributed by atoms with Gasteiger partial charge in [-0.3, -0.25) is 4.79 Å². The highest BCUT2D eigenvalue weighted by Crippen LogP contribution is 2.21. The van der Waals surface area contributed by atoms with Gasteiger partial charge in [-0.2, -0.15) is 4.31 Å². The Morgan fingerprint density at radius 2 is 1.85 bits per heavy atom. The monoisotopic (exact) mass is 394 g/mol. The number of benzene rings is 1.